The van der Waals surface area contributed by atoms with Crippen LogP contribution in [0.25, 0.3) is 0 Å². The van der Waals surface area contributed by atoms with Crippen LogP contribution in [-0.4, -0.2) is 63.3 Å². The lowest BCUT2D eigenvalue weighted by Gasteiger charge is -2.34. The van der Waals surface area contributed by atoms with E-state index in [9.17, 15) is 4.39 Å². The molecule has 170 valence electrons. The van der Waals surface area contributed by atoms with Crippen LogP contribution in [0.5, 0.6) is 0 Å². The number of rotatable bonds is 6. The summed E-state index contributed by atoms with van der Waals surface area (Å²) < 4.78 is 18.9. The maximum absolute atomic E-state index is 13.4. The van der Waals surface area contributed by atoms with E-state index in [1.807, 2.05) is 0 Å². The number of nitrogens with one attached hydrogen (secondary N) is 2. The number of nitrogens with zero attached hydrogens (tertiary/aromatic N) is 2. The highest BCUT2D eigenvalue weighted by Crippen LogP contribution is 2.30. The van der Waals surface area contributed by atoms with Crippen LogP contribution < -0.4 is 10.6 Å². The number of benzene rings is 1. The Labute approximate surface area is 202 Å². The first-order valence-electron chi connectivity index (χ1n) is 10.6. The summed E-state index contributed by atoms with van der Waals surface area (Å²) >= 11 is 6.27. The van der Waals surface area contributed by atoms with Gasteiger partial charge in [-0.15, -0.1) is 24.0 Å². The Bertz CT molecular complexity index is 704. The number of ether oxygens (including phenoxy) is 1. The number of hydrogen-bond donors (Lipinski definition) is 2. The van der Waals surface area contributed by atoms with Gasteiger partial charge in [-0.1, -0.05) is 31.5 Å². The first-order chi connectivity index (χ1) is 13.9. The van der Waals surface area contributed by atoms with Crippen LogP contribution in [0.4, 0.5) is 4.39 Å². The summed E-state index contributed by atoms with van der Waals surface area (Å²) in [6, 6.07) is 5.02. The smallest absolute Gasteiger partial charge is 0.191 e. The number of halogens is 3. The van der Waals surface area contributed by atoms with Crippen molar-refractivity contribution in [1.82, 2.24) is 15.5 Å². The Hall–Kier alpha value is -0.640. The summed E-state index contributed by atoms with van der Waals surface area (Å²) in [5.41, 5.74) is 0.669. The van der Waals surface area contributed by atoms with Crippen LogP contribution in [0.2, 0.25) is 5.02 Å². The molecule has 0 bridgehead atoms. The van der Waals surface area contributed by atoms with E-state index in [0.29, 0.717) is 23.5 Å². The van der Waals surface area contributed by atoms with Gasteiger partial charge < -0.3 is 20.3 Å². The average Bonchev–Trinajstić information content (AvgIpc) is 3.19. The Morgan fingerprint density at radius 1 is 1.30 bits per heavy atom. The Morgan fingerprint density at radius 3 is 2.63 bits per heavy atom. The van der Waals surface area contributed by atoms with Gasteiger partial charge in [0.05, 0.1) is 6.61 Å². The highest BCUT2D eigenvalue weighted by atomic mass is 127. The molecule has 1 unspecified atom stereocenters. The van der Waals surface area contributed by atoms with Gasteiger partial charge in [-0.25, -0.2) is 4.39 Å². The molecule has 0 aromatic heterocycles. The van der Waals surface area contributed by atoms with Crippen molar-refractivity contribution in [3.8, 4) is 0 Å². The van der Waals surface area contributed by atoms with E-state index in [1.165, 1.54) is 18.6 Å². The fraction of sp³-hybridized carbons (Fsp3) is 0.682. The molecule has 2 fully saturated rings. The van der Waals surface area contributed by atoms with Crippen molar-refractivity contribution < 1.29 is 9.13 Å². The minimum Gasteiger partial charge on any atom is -0.381 e. The molecule has 1 aromatic carbocycles. The molecule has 0 spiro atoms. The minimum absolute atomic E-state index is 0. The summed E-state index contributed by atoms with van der Waals surface area (Å²) in [7, 11) is 1.79. The van der Waals surface area contributed by atoms with Crippen LogP contribution in [0, 0.1) is 11.7 Å². The van der Waals surface area contributed by atoms with Crippen molar-refractivity contribution >= 4 is 41.5 Å². The van der Waals surface area contributed by atoms with E-state index in [4.69, 9.17) is 16.3 Å². The van der Waals surface area contributed by atoms with E-state index in [-0.39, 0.29) is 35.2 Å². The molecule has 2 saturated heterocycles. The van der Waals surface area contributed by atoms with Crippen molar-refractivity contribution in [3.05, 3.63) is 34.6 Å². The third-order valence-electron chi connectivity index (χ3n) is 6.05. The van der Waals surface area contributed by atoms with Crippen molar-refractivity contribution in [2.45, 2.75) is 44.6 Å². The van der Waals surface area contributed by atoms with Crippen LogP contribution in [0.1, 0.15) is 38.7 Å². The van der Waals surface area contributed by atoms with Gasteiger partial charge in [0.25, 0.3) is 0 Å². The van der Waals surface area contributed by atoms with Crippen molar-refractivity contribution in [1.29, 1.82) is 0 Å². The van der Waals surface area contributed by atoms with Gasteiger partial charge in [0.1, 0.15) is 5.82 Å². The molecule has 0 radical (unpaired) electrons. The van der Waals surface area contributed by atoms with Crippen molar-refractivity contribution in [2.75, 3.05) is 46.4 Å². The number of likely N-dealkylation sites (tertiary alicyclic amines) is 1. The molecule has 2 aliphatic rings. The van der Waals surface area contributed by atoms with Crippen LogP contribution >= 0.6 is 35.6 Å². The summed E-state index contributed by atoms with van der Waals surface area (Å²) in [4.78, 5) is 6.95. The summed E-state index contributed by atoms with van der Waals surface area (Å²) in [5.74, 6) is 1.19. The van der Waals surface area contributed by atoms with E-state index in [2.05, 4.69) is 34.4 Å². The second kappa shape index (κ2) is 11.8. The number of hydrogen-bond acceptors (Lipinski definition) is 3. The zero-order valence-corrected chi connectivity index (χ0v) is 21.3. The van der Waals surface area contributed by atoms with Gasteiger partial charge in [0.15, 0.2) is 5.96 Å². The monoisotopic (exact) mass is 552 g/mol. The molecule has 5 nitrogen and oxygen atoms in total. The molecule has 0 saturated carbocycles. The van der Waals surface area contributed by atoms with Gasteiger partial charge in [-0.3, -0.25) is 4.99 Å². The molecule has 8 heteroatoms. The molecule has 2 aliphatic heterocycles. The second-order valence-corrected chi connectivity index (χ2v) is 9.29. The quantitative estimate of drug-likeness (QED) is 0.318. The summed E-state index contributed by atoms with van der Waals surface area (Å²) in [6.07, 6.45) is 3.42. The molecule has 2 N–H and O–H groups in total. The number of piperidine rings is 1. The molecule has 0 amide bonds. The van der Waals surface area contributed by atoms with Crippen molar-refractivity contribution in [3.63, 3.8) is 0 Å². The largest absolute Gasteiger partial charge is 0.381 e. The maximum Gasteiger partial charge on any atom is 0.191 e. The Balaban J connectivity index is 0.00000320. The molecule has 3 rings (SSSR count). The molecular weight excluding hydrogens is 518 g/mol. The molecule has 1 aromatic rings. The predicted octanol–water partition coefficient (Wildman–Crippen LogP) is 4.04. The SMILES string of the molecule is CN=C(NCC(C)(C)c1ccc(F)cc1Cl)NC1CCN(CC2CCOC2)CC1.I. The highest BCUT2D eigenvalue weighted by molar-refractivity contribution is 14.0. The lowest BCUT2D eigenvalue weighted by molar-refractivity contribution is 0.150. The van der Waals surface area contributed by atoms with E-state index >= 15 is 0 Å². The summed E-state index contributed by atoms with van der Waals surface area (Å²) in [6.45, 7) is 10.1. The molecular formula is C22H35ClFIN4O. The second-order valence-electron chi connectivity index (χ2n) is 8.88. The molecule has 1 atom stereocenters. The lowest BCUT2D eigenvalue weighted by atomic mass is 9.84. The third-order valence-corrected chi connectivity index (χ3v) is 6.36. The lowest BCUT2D eigenvalue weighted by Crippen LogP contribution is -2.51. The normalized spacial score (nSPS) is 21.4. The van der Waals surface area contributed by atoms with Gasteiger partial charge in [-0.2, -0.15) is 0 Å². The van der Waals surface area contributed by atoms with Gasteiger partial charge in [0, 0.05) is 56.3 Å². The van der Waals surface area contributed by atoms with Gasteiger partial charge >= 0.3 is 0 Å². The topological polar surface area (TPSA) is 48.9 Å². The van der Waals surface area contributed by atoms with E-state index in [0.717, 1.165) is 57.2 Å². The number of aliphatic imine (C=N–C) groups is 1. The Kier molecular flexibility index (Phi) is 10.1. The predicted molar refractivity (Wildman–Crippen MR) is 133 cm³/mol. The van der Waals surface area contributed by atoms with Gasteiger partial charge in [0.2, 0.25) is 0 Å². The van der Waals surface area contributed by atoms with Crippen molar-refractivity contribution in [2.24, 2.45) is 10.9 Å². The maximum atomic E-state index is 13.4. The fourth-order valence-electron chi connectivity index (χ4n) is 4.18. The van der Waals surface area contributed by atoms with Crippen LogP contribution in [0.15, 0.2) is 23.2 Å². The zero-order valence-electron chi connectivity index (χ0n) is 18.2. The standard InChI is InChI=1S/C22H34ClFN4O.HI/c1-22(2,19-5-4-17(24)12-20(19)23)15-26-21(25-3)27-18-6-9-28(10-7-18)13-16-8-11-29-14-16;/h4-5,12,16,18H,6-11,13-15H2,1-3H3,(H2,25,26,27);1H. The van der Waals surface area contributed by atoms with Crippen LogP contribution in [-0.2, 0) is 10.2 Å². The fourth-order valence-corrected chi connectivity index (χ4v) is 4.60. The van der Waals surface area contributed by atoms with E-state index in [1.54, 1.807) is 13.1 Å². The van der Waals surface area contributed by atoms with Crippen LogP contribution in [0.3, 0.4) is 0 Å². The first kappa shape index (κ1) is 25.6. The minimum atomic E-state index is -0.313. The molecule has 2 heterocycles. The van der Waals surface area contributed by atoms with E-state index < -0.39 is 0 Å². The third kappa shape index (κ3) is 7.21. The van der Waals surface area contributed by atoms with Gasteiger partial charge in [-0.05, 0) is 42.9 Å². The average molecular weight is 553 g/mol. The molecule has 0 aliphatic carbocycles. The summed E-state index contributed by atoms with van der Waals surface area (Å²) in [5, 5.41) is 7.44. The molecule has 30 heavy (non-hydrogen) atoms. The first-order valence-corrected chi connectivity index (χ1v) is 11.0. The number of guanidine groups is 1. The zero-order chi connectivity index (χ0) is 20.9. The Morgan fingerprint density at radius 2 is 2.03 bits per heavy atom. The highest BCUT2D eigenvalue weighted by Gasteiger charge is 2.26.